The minimum Gasteiger partial charge on any atom is -0.509 e. The lowest BCUT2D eigenvalue weighted by Gasteiger charge is -2.33. The summed E-state index contributed by atoms with van der Waals surface area (Å²) in [5.41, 5.74) is 0.801. The van der Waals surface area contributed by atoms with Crippen LogP contribution in [0.2, 0.25) is 5.02 Å². The molecular formula is C19H18ClNO4. The van der Waals surface area contributed by atoms with Crippen LogP contribution in [0.4, 0.5) is 5.69 Å². The molecule has 2 aromatic carbocycles. The Morgan fingerprint density at radius 2 is 2.00 bits per heavy atom. The molecule has 0 fully saturated rings. The molecule has 0 bridgehead atoms. The lowest BCUT2D eigenvalue weighted by atomic mass is 9.83. The molecule has 2 aromatic rings. The Hall–Kier alpha value is -2.50. The van der Waals surface area contributed by atoms with Gasteiger partial charge in [-0.15, -0.1) is 0 Å². The monoisotopic (exact) mass is 359 g/mol. The van der Waals surface area contributed by atoms with Crippen molar-refractivity contribution in [1.29, 1.82) is 0 Å². The Kier molecular flexibility index (Phi) is 4.70. The Morgan fingerprint density at radius 1 is 1.24 bits per heavy atom. The second-order valence-electron chi connectivity index (χ2n) is 5.74. The van der Waals surface area contributed by atoms with Crippen LogP contribution in [0, 0.1) is 0 Å². The van der Waals surface area contributed by atoms with Crippen LogP contribution in [0.1, 0.15) is 11.1 Å². The molecule has 6 heteroatoms. The largest absolute Gasteiger partial charge is 0.509 e. The first-order valence-electron chi connectivity index (χ1n) is 7.69. The molecule has 1 atom stereocenters. The Balaban J connectivity index is 1.92. The fourth-order valence-electron chi connectivity index (χ4n) is 2.89. The van der Waals surface area contributed by atoms with E-state index in [0.717, 1.165) is 11.1 Å². The van der Waals surface area contributed by atoms with E-state index in [2.05, 4.69) is 5.32 Å². The molecule has 1 aliphatic rings. The molecule has 0 saturated carbocycles. The van der Waals surface area contributed by atoms with Crippen molar-refractivity contribution < 1.29 is 19.4 Å². The van der Waals surface area contributed by atoms with Crippen molar-refractivity contribution in [2.24, 2.45) is 0 Å². The molecule has 3 rings (SSSR count). The number of fused-ring (bicyclic) bond motifs is 1. The summed E-state index contributed by atoms with van der Waals surface area (Å²) in [7, 11) is 2.90. The van der Waals surface area contributed by atoms with E-state index >= 15 is 0 Å². The van der Waals surface area contributed by atoms with E-state index < -0.39 is 11.5 Å². The zero-order valence-electron chi connectivity index (χ0n) is 13.9. The maximum absolute atomic E-state index is 12.9. The first-order valence-corrected chi connectivity index (χ1v) is 8.07. The van der Waals surface area contributed by atoms with Gasteiger partial charge in [0.15, 0.2) is 0 Å². The van der Waals surface area contributed by atoms with Crippen LogP contribution in [-0.2, 0) is 16.0 Å². The van der Waals surface area contributed by atoms with Gasteiger partial charge in [-0.3, -0.25) is 4.79 Å². The van der Waals surface area contributed by atoms with E-state index in [1.54, 1.807) is 24.3 Å². The van der Waals surface area contributed by atoms with Crippen molar-refractivity contribution in [3.63, 3.8) is 0 Å². The molecule has 1 aliphatic carbocycles. The summed E-state index contributed by atoms with van der Waals surface area (Å²) in [5, 5.41) is 13.7. The molecule has 0 spiro atoms. The lowest BCUT2D eigenvalue weighted by molar-refractivity contribution is -0.136. The van der Waals surface area contributed by atoms with Gasteiger partial charge >= 0.3 is 0 Å². The maximum Gasteiger partial charge on any atom is 0.264 e. The van der Waals surface area contributed by atoms with Gasteiger partial charge in [-0.25, -0.2) is 0 Å². The highest BCUT2D eigenvalue weighted by Gasteiger charge is 2.45. The average Bonchev–Trinajstić information content (AvgIpc) is 2.62. The number of rotatable bonds is 4. The molecule has 0 aromatic heterocycles. The second kappa shape index (κ2) is 6.78. The third kappa shape index (κ3) is 3.08. The van der Waals surface area contributed by atoms with Crippen molar-refractivity contribution >= 4 is 29.3 Å². The van der Waals surface area contributed by atoms with Gasteiger partial charge in [0.1, 0.15) is 11.5 Å². The number of hydrogen-bond acceptors (Lipinski definition) is 4. The van der Waals surface area contributed by atoms with Crippen LogP contribution >= 0.6 is 11.6 Å². The number of anilines is 1. The van der Waals surface area contributed by atoms with Gasteiger partial charge < -0.3 is 19.9 Å². The number of carbonyl (C=O) groups is 1. The summed E-state index contributed by atoms with van der Waals surface area (Å²) in [4.78, 5) is 12.9. The smallest absolute Gasteiger partial charge is 0.264 e. The van der Waals surface area contributed by atoms with E-state index in [1.165, 1.54) is 14.2 Å². The fourth-order valence-corrected chi connectivity index (χ4v) is 3.09. The molecule has 130 valence electrons. The zero-order valence-corrected chi connectivity index (χ0v) is 14.6. The zero-order chi connectivity index (χ0) is 18.0. The van der Waals surface area contributed by atoms with Crippen LogP contribution in [0.5, 0.6) is 5.75 Å². The van der Waals surface area contributed by atoms with Gasteiger partial charge in [-0.05, 0) is 29.3 Å². The Labute approximate surface area is 150 Å². The number of aliphatic hydroxyl groups is 1. The van der Waals surface area contributed by atoms with Gasteiger partial charge in [0.25, 0.3) is 5.91 Å². The van der Waals surface area contributed by atoms with E-state index in [4.69, 9.17) is 21.1 Å². The Morgan fingerprint density at radius 3 is 2.72 bits per heavy atom. The number of methoxy groups -OCH3 is 2. The molecule has 25 heavy (non-hydrogen) atoms. The number of halogens is 1. The highest BCUT2D eigenvalue weighted by Crippen LogP contribution is 2.35. The number of hydrogen-bond donors (Lipinski definition) is 2. The highest BCUT2D eigenvalue weighted by atomic mass is 35.5. The minimum atomic E-state index is -1.48. The predicted octanol–water partition coefficient (Wildman–Crippen LogP) is 3.83. The normalized spacial score (nSPS) is 18.9. The number of amides is 1. The van der Waals surface area contributed by atoms with Crippen molar-refractivity contribution in [2.75, 3.05) is 19.5 Å². The summed E-state index contributed by atoms with van der Waals surface area (Å²) < 4.78 is 10.6. The molecule has 1 amide bonds. The lowest BCUT2D eigenvalue weighted by Crippen LogP contribution is -2.49. The SMILES string of the molecule is COc1cc(NC(=O)C2(OC)Cc3ccccc3C=C2O)ccc1Cl. The number of aliphatic hydroxyl groups excluding tert-OH is 1. The van der Waals surface area contributed by atoms with Gasteiger partial charge in [-0.1, -0.05) is 35.9 Å². The first kappa shape index (κ1) is 17.3. The van der Waals surface area contributed by atoms with Crippen LogP contribution in [-0.4, -0.2) is 30.8 Å². The van der Waals surface area contributed by atoms with Gasteiger partial charge in [0, 0.05) is 25.3 Å². The summed E-state index contributed by atoms with van der Waals surface area (Å²) in [6.45, 7) is 0. The quantitative estimate of drug-likeness (QED) is 0.870. The average molecular weight is 360 g/mol. The Bertz CT molecular complexity index is 849. The molecule has 0 saturated heterocycles. The highest BCUT2D eigenvalue weighted by molar-refractivity contribution is 6.32. The van der Waals surface area contributed by atoms with E-state index in [1.807, 2.05) is 24.3 Å². The predicted molar refractivity (Wildman–Crippen MR) is 97.1 cm³/mol. The van der Waals surface area contributed by atoms with Crippen molar-refractivity contribution in [1.82, 2.24) is 0 Å². The molecule has 0 aliphatic heterocycles. The van der Waals surface area contributed by atoms with Crippen LogP contribution < -0.4 is 10.1 Å². The third-order valence-electron chi connectivity index (χ3n) is 4.32. The van der Waals surface area contributed by atoms with Crippen molar-refractivity contribution in [3.8, 4) is 5.75 Å². The summed E-state index contributed by atoms with van der Waals surface area (Å²) in [6.07, 6.45) is 1.79. The molecule has 2 N–H and O–H groups in total. The maximum atomic E-state index is 12.9. The molecule has 5 nitrogen and oxygen atoms in total. The third-order valence-corrected chi connectivity index (χ3v) is 4.64. The van der Waals surface area contributed by atoms with E-state index in [9.17, 15) is 9.90 Å². The summed E-state index contributed by atoms with van der Waals surface area (Å²) in [5.74, 6) is -0.158. The van der Waals surface area contributed by atoms with E-state index in [0.29, 0.717) is 16.5 Å². The van der Waals surface area contributed by atoms with Crippen molar-refractivity contribution in [2.45, 2.75) is 12.0 Å². The molecule has 0 heterocycles. The van der Waals surface area contributed by atoms with Crippen LogP contribution in [0.15, 0.2) is 48.2 Å². The summed E-state index contributed by atoms with van der Waals surface area (Å²) in [6, 6.07) is 12.4. The molecule has 0 radical (unpaired) electrons. The number of carbonyl (C=O) groups excluding carboxylic acids is 1. The summed E-state index contributed by atoms with van der Waals surface area (Å²) >= 11 is 6.00. The number of nitrogens with one attached hydrogen (secondary N) is 1. The van der Waals surface area contributed by atoms with Crippen molar-refractivity contribution in [3.05, 3.63) is 64.4 Å². The standard InChI is InChI=1S/C19H18ClNO4/c1-24-16-10-14(7-8-15(16)20)21-18(23)19(25-2)11-13-6-4-3-5-12(13)9-17(19)22/h3-10,22H,11H2,1-2H3,(H,21,23). The first-order chi connectivity index (χ1) is 12.0. The van der Waals surface area contributed by atoms with Gasteiger partial charge in [0.05, 0.1) is 12.1 Å². The molecular weight excluding hydrogens is 342 g/mol. The second-order valence-corrected chi connectivity index (χ2v) is 6.15. The minimum absolute atomic E-state index is 0.132. The number of benzene rings is 2. The van der Waals surface area contributed by atoms with Crippen LogP contribution in [0.25, 0.3) is 6.08 Å². The fraction of sp³-hybridized carbons (Fsp3) is 0.211. The number of ether oxygens (including phenoxy) is 2. The topological polar surface area (TPSA) is 67.8 Å². The molecule has 1 unspecified atom stereocenters. The van der Waals surface area contributed by atoms with Gasteiger partial charge in [-0.2, -0.15) is 0 Å². The van der Waals surface area contributed by atoms with E-state index in [-0.39, 0.29) is 12.2 Å². The van der Waals surface area contributed by atoms with Gasteiger partial charge in [0.2, 0.25) is 5.60 Å². The van der Waals surface area contributed by atoms with Crippen LogP contribution in [0.3, 0.4) is 0 Å².